The molecule has 148 valence electrons. The summed E-state index contributed by atoms with van der Waals surface area (Å²) in [6.45, 7) is 4.03. The second-order valence-electron chi connectivity index (χ2n) is 6.97. The molecule has 0 aliphatic heterocycles. The van der Waals surface area contributed by atoms with Crippen molar-refractivity contribution in [2.24, 2.45) is 0 Å². The Kier molecular flexibility index (Phi) is 6.83. The van der Waals surface area contributed by atoms with Crippen molar-refractivity contribution in [3.8, 4) is 0 Å². The van der Waals surface area contributed by atoms with Crippen LogP contribution in [-0.2, 0) is 4.79 Å². The van der Waals surface area contributed by atoms with E-state index in [4.69, 9.17) is 0 Å². The van der Waals surface area contributed by atoms with E-state index < -0.39 is 6.04 Å². The van der Waals surface area contributed by atoms with Crippen molar-refractivity contribution in [2.45, 2.75) is 26.3 Å². The van der Waals surface area contributed by atoms with Crippen molar-refractivity contribution in [3.05, 3.63) is 99.5 Å². The van der Waals surface area contributed by atoms with Crippen LogP contribution in [0.25, 0.3) is 0 Å². The SMILES string of the molecule is Cc1cc(Br)c(NC(=O)C[C@H](NC(=O)c2ccccc2)c2ccccc2)cc1C. The van der Waals surface area contributed by atoms with Crippen LogP contribution in [0.3, 0.4) is 0 Å². The van der Waals surface area contributed by atoms with Crippen molar-refractivity contribution in [1.82, 2.24) is 5.32 Å². The first kappa shape index (κ1) is 20.8. The number of amides is 2. The summed E-state index contributed by atoms with van der Waals surface area (Å²) < 4.78 is 0.832. The van der Waals surface area contributed by atoms with Gasteiger partial charge in [0.2, 0.25) is 5.91 Å². The lowest BCUT2D eigenvalue weighted by Gasteiger charge is -2.20. The molecule has 0 aliphatic carbocycles. The van der Waals surface area contributed by atoms with E-state index in [-0.39, 0.29) is 18.2 Å². The second-order valence-corrected chi connectivity index (χ2v) is 7.83. The molecule has 0 radical (unpaired) electrons. The maximum absolute atomic E-state index is 12.8. The largest absolute Gasteiger partial charge is 0.345 e. The zero-order valence-electron chi connectivity index (χ0n) is 16.4. The van der Waals surface area contributed by atoms with E-state index in [1.807, 2.05) is 74.5 Å². The van der Waals surface area contributed by atoms with Gasteiger partial charge in [-0.3, -0.25) is 9.59 Å². The Morgan fingerprint density at radius 2 is 1.48 bits per heavy atom. The van der Waals surface area contributed by atoms with Crippen molar-refractivity contribution < 1.29 is 9.59 Å². The zero-order chi connectivity index (χ0) is 20.8. The van der Waals surface area contributed by atoms with E-state index in [1.165, 1.54) is 0 Å². The number of anilines is 1. The molecule has 0 aromatic heterocycles. The molecule has 0 spiro atoms. The summed E-state index contributed by atoms with van der Waals surface area (Å²) in [6, 6.07) is 22.0. The molecule has 0 saturated carbocycles. The first-order chi connectivity index (χ1) is 13.9. The highest BCUT2D eigenvalue weighted by Crippen LogP contribution is 2.27. The summed E-state index contributed by atoms with van der Waals surface area (Å²) in [5.41, 5.74) is 4.41. The number of hydrogen-bond acceptors (Lipinski definition) is 2. The van der Waals surface area contributed by atoms with Gasteiger partial charge in [0.25, 0.3) is 5.91 Å². The first-order valence-corrected chi connectivity index (χ1v) is 10.2. The number of hydrogen-bond donors (Lipinski definition) is 2. The summed E-state index contributed by atoms with van der Waals surface area (Å²) in [5, 5.41) is 5.94. The van der Waals surface area contributed by atoms with Gasteiger partial charge in [-0.05, 0) is 70.7 Å². The molecule has 0 aliphatic rings. The molecule has 3 aromatic carbocycles. The van der Waals surface area contributed by atoms with Gasteiger partial charge in [0.05, 0.1) is 18.2 Å². The van der Waals surface area contributed by atoms with Gasteiger partial charge < -0.3 is 10.6 Å². The van der Waals surface area contributed by atoms with E-state index >= 15 is 0 Å². The van der Waals surface area contributed by atoms with Gasteiger partial charge >= 0.3 is 0 Å². The van der Waals surface area contributed by atoms with Crippen LogP contribution >= 0.6 is 15.9 Å². The monoisotopic (exact) mass is 450 g/mol. The molecular weight excluding hydrogens is 428 g/mol. The molecular formula is C24H23BrN2O2. The highest BCUT2D eigenvalue weighted by molar-refractivity contribution is 9.10. The average molecular weight is 451 g/mol. The Bertz CT molecular complexity index is 1000. The number of carbonyl (C=O) groups is 2. The Morgan fingerprint density at radius 3 is 2.14 bits per heavy atom. The summed E-state index contributed by atoms with van der Waals surface area (Å²) in [7, 11) is 0. The van der Waals surface area contributed by atoms with Gasteiger partial charge in [-0.2, -0.15) is 0 Å². The van der Waals surface area contributed by atoms with Gasteiger partial charge in [-0.25, -0.2) is 0 Å². The predicted octanol–water partition coefficient (Wildman–Crippen LogP) is 5.57. The molecule has 3 aromatic rings. The molecule has 2 N–H and O–H groups in total. The third-order valence-electron chi connectivity index (χ3n) is 4.79. The van der Waals surface area contributed by atoms with E-state index in [9.17, 15) is 9.59 Å². The lowest BCUT2D eigenvalue weighted by atomic mass is 10.0. The highest BCUT2D eigenvalue weighted by Gasteiger charge is 2.20. The lowest BCUT2D eigenvalue weighted by molar-refractivity contribution is -0.116. The summed E-state index contributed by atoms with van der Waals surface area (Å²) in [5.74, 6) is -0.379. The van der Waals surface area contributed by atoms with Gasteiger partial charge in [0, 0.05) is 10.0 Å². The van der Waals surface area contributed by atoms with Gasteiger partial charge in [0.15, 0.2) is 0 Å². The molecule has 0 bridgehead atoms. The van der Waals surface area contributed by atoms with Crippen LogP contribution in [0.5, 0.6) is 0 Å². The normalized spacial score (nSPS) is 11.6. The van der Waals surface area contributed by atoms with Crippen molar-refractivity contribution in [2.75, 3.05) is 5.32 Å². The van der Waals surface area contributed by atoms with E-state index in [0.717, 1.165) is 26.9 Å². The fourth-order valence-electron chi connectivity index (χ4n) is 3.03. The fraction of sp³-hybridized carbons (Fsp3) is 0.167. The second kappa shape index (κ2) is 9.52. The molecule has 5 heteroatoms. The number of nitrogens with one attached hydrogen (secondary N) is 2. The minimum Gasteiger partial charge on any atom is -0.345 e. The Hall–Kier alpha value is -2.92. The highest BCUT2D eigenvalue weighted by atomic mass is 79.9. The molecule has 29 heavy (non-hydrogen) atoms. The smallest absolute Gasteiger partial charge is 0.251 e. The summed E-state index contributed by atoms with van der Waals surface area (Å²) in [4.78, 5) is 25.4. The number of rotatable bonds is 6. The van der Waals surface area contributed by atoms with Crippen LogP contribution in [0.15, 0.2) is 77.3 Å². The lowest BCUT2D eigenvalue weighted by Crippen LogP contribution is -2.31. The van der Waals surface area contributed by atoms with Crippen molar-refractivity contribution in [1.29, 1.82) is 0 Å². The molecule has 3 rings (SSSR count). The first-order valence-electron chi connectivity index (χ1n) is 9.41. The molecule has 0 saturated heterocycles. The minimum absolute atomic E-state index is 0.127. The standard InChI is InChI=1S/C24H23BrN2O2/c1-16-13-20(25)22(14-17(16)2)26-23(28)15-21(18-9-5-3-6-10-18)27-24(29)19-11-7-4-8-12-19/h3-14,21H,15H2,1-2H3,(H,26,28)(H,27,29)/t21-/m0/s1. The summed E-state index contributed by atoms with van der Waals surface area (Å²) >= 11 is 3.51. The predicted molar refractivity (Wildman–Crippen MR) is 120 cm³/mol. The van der Waals surface area contributed by atoms with E-state index in [0.29, 0.717) is 5.56 Å². The molecule has 0 heterocycles. The Morgan fingerprint density at radius 1 is 0.897 bits per heavy atom. The van der Waals surface area contributed by atoms with Crippen LogP contribution in [-0.4, -0.2) is 11.8 Å². The number of halogens is 1. The van der Waals surface area contributed by atoms with Gasteiger partial charge in [-0.15, -0.1) is 0 Å². The molecule has 0 unspecified atom stereocenters. The molecule has 2 amide bonds. The van der Waals surface area contributed by atoms with Crippen molar-refractivity contribution in [3.63, 3.8) is 0 Å². The maximum atomic E-state index is 12.8. The third kappa shape index (κ3) is 5.55. The fourth-order valence-corrected chi connectivity index (χ4v) is 3.59. The number of benzene rings is 3. The molecule has 1 atom stereocenters. The van der Waals surface area contributed by atoms with Crippen LogP contribution in [0.2, 0.25) is 0 Å². The van der Waals surface area contributed by atoms with Crippen LogP contribution in [0.1, 0.15) is 39.5 Å². The van der Waals surface area contributed by atoms with Gasteiger partial charge in [0.1, 0.15) is 0 Å². The zero-order valence-corrected chi connectivity index (χ0v) is 18.0. The van der Waals surface area contributed by atoms with E-state index in [1.54, 1.807) is 12.1 Å². The Balaban J connectivity index is 1.77. The Labute approximate surface area is 179 Å². The quantitative estimate of drug-likeness (QED) is 0.515. The molecule has 4 nitrogen and oxygen atoms in total. The maximum Gasteiger partial charge on any atom is 0.251 e. The van der Waals surface area contributed by atoms with Crippen LogP contribution in [0, 0.1) is 13.8 Å². The van der Waals surface area contributed by atoms with Crippen molar-refractivity contribution >= 4 is 33.4 Å². The van der Waals surface area contributed by atoms with Gasteiger partial charge in [-0.1, -0.05) is 48.5 Å². The summed E-state index contributed by atoms with van der Waals surface area (Å²) in [6.07, 6.45) is 0.127. The molecule has 0 fully saturated rings. The number of carbonyl (C=O) groups excluding carboxylic acids is 2. The number of aryl methyl sites for hydroxylation is 2. The average Bonchev–Trinajstić information content (AvgIpc) is 2.72. The third-order valence-corrected chi connectivity index (χ3v) is 5.45. The van der Waals surface area contributed by atoms with Crippen LogP contribution in [0.4, 0.5) is 5.69 Å². The topological polar surface area (TPSA) is 58.2 Å². The minimum atomic E-state index is -0.436. The van der Waals surface area contributed by atoms with E-state index in [2.05, 4.69) is 26.6 Å². The van der Waals surface area contributed by atoms with Crippen LogP contribution < -0.4 is 10.6 Å².